The summed E-state index contributed by atoms with van der Waals surface area (Å²) in [4.78, 5) is 23.4. The molecule has 1 heterocycles. The SMILES string of the molecule is O=C(O)c1ccc(/C=C2/CCOc3ccc(F)cc3C2=O)cc1. The number of carbonyl (C=O) groups excluding carboxylic acids is 1. The number of hydrogen-bond acceptors (Lipinski definition) is 3. The average molecular weight is 312 g/mol. The highest BCUT2D eigenvalue weighted by Crippen LogP contribution is 2.28. The molecule has 1 aliphatic rings. The van der Waals surface area contributed by atoms with E-state index in [0.29, 0.717) is 29.9 Å². The summed E-state index contributed by atoms with van der Waals surface area (Å²) in [6, 6.07) is 10.1. The van der Waals surface area contributed by atoms with Crippen molar-refractivity contribution in [2.24, 2.45) is 0 Å². The van der Waals surface area contributed by atoms with Gasteiger partial charge in [-0.3, -0.25) is 4.79 Å². The van der Waals surface area contributed by atoms with Crippen molar-refractivity contribution in [3.8, 4) is 5.75 Å². The Kier molecular flexibility index (Phi) is 3.93. The monoisotopic (exact) mass is 312 g/mol. The van der Waals surface area contributed by atoms with E-state index in [4.69, 9.17) is 9.84 Å². The van der Waals surface area contributed by atoms with Crippen LogP contribution in [0, 0.1) is 5.82 Å². The van der Waals surface area contributed by atoms with E-state index >= 15 is 0 Å². The van der Waals surface area contributed by atoms with Crippen LogP contribution >= 0.6 is 0 Å². The quantitative estimate of drug-likeness (QED) is 0.861. The van der Waals surface area contributed by atoms with Crippen LogP contribution in [0.25, 0.3) is 6.08 Å². The molecule has 0 radical (unpaired) electrons. The molecule has 1 N–H and O–H groups in total. The number of aromatic carboxylic acids is 1. The number of Topliss-reactive ketones (excluding diaryl/α,β-unsaturated/α-hetero) is 1. The molecule has 5 heteroatoms. The van der Waals surface area contributed by atoms with Crippen LogP contribution in [0.4, 0.5) is 4.39 Å². The molecule has 0 saturated heterocycles. The Balaban J connectivity index is 1.96. The maximum absolute atomic E-state index is 13.4. The molecule has 0 atom stereocenters. The number of carboxylic acids is 1. The number of benzene rings is 2. The molecular formula is C18H13FO4. The molecule has 2 aromatic carbocycles. The van der Waals surface area contributed by atoms with E-state index in [9.17, 15) is 14.0 Å². The lowest BCUT2D eigenvalue weighted by Crippen LogP contribution is -2.02. The Bertz CT molecular complexity index is 806. The molecule has 0 amide bonds. The van der Waals surface area contributed by atoms with Crippen molar-refractivity contribution in [1.29, 1.82) is 0 Å². The Morgan fingerprint density at radius 2 is 1.91 bits per heavy atom. The van der Waals surface area contributed by atoms with Gasteiger partial charge in [0, 0.05) is 12.0 Å². The van der Waals surface area contributed by atoms with Crippen molar-refractivity contribution in [2.45, 2.75) is 6.42 Å². The van der Waals surface area contributed by atoms with Crippen LogP contribution in [0.3, 0.4) is 0 Å². The fourth-order valence-corrected chi connectivity index (χ4v) is 2.42. The number of carboxylic acid groups (broad SMARTS) is 1. The minimum Gasteiger partial charge on any atom is -0.492 e. The number of ether oxygens (including phenoxy) is 1. The van der Waals surface area contributed by atoms with Crippen LogP contribution in [0.1, 0.15) is 32.7 Å². The van der Waals surface area contributed by atoms with Gasteiger partial charge in [0.2, 0.25) is 0 Å². The third-order valence-corrected chi connectivity index (χ3v) is 3.61. The first kappa shape index (κ1) is 15.0. The second-order valence-electron chi connectivity index (χ2n) is 5.16. The average Bonchev–Trinajstić information content (AvgIpc) is 2.68. The number of halogens is 1. The molecule has 0 saturated carbocycles. The predicted octanol–water partition coefficient (Wildman–Crippen LogP) is 3.57. The minimum absolute atomic E-state index is 0.176. The summed E-state index contributed by atoms with van der Waals surface area (Å²) < 4.78 is 18.9. The molecule has 3 rings (SSSR count). The van der Waals surface area contributed by atoms with Gasteiger partial charge in [-0.1, -0.05) is 12.1 Å². The Morgan fingerprint density at radius 3 is 2.61 bits per heavy atom. The van der Waals surface area contributed by atoms with Gasteiger partial charge in [0.05, 0.1) is 17.7 Å². The predicted molar refractivity (Wildman–Crippen MR) is 82.2 cm³/mol. The van der Waals surface area contributed by atoms with Crippen molar-refractivity contribution >= 4 is 17.8 Å². The van der Waals surface area contributed by atoms with Crippen molar-refractivity contribution in [3.05, 3.63) is 70.5 Å². The summed E-state index contributed by atoms with van der Waals surface area (Å²) in [5.41, 5.74) is 1.58. The minimum atomic E-state index is -1.01. The third-order valence-electron chi connectivity index (χ3n) is 3.61. The highest BCUT2D eigenvalue weighted by atomic mass is 19.1. The number of carbonyl (C=O) groups is 2. The zero-order valence-electron chi connectivity index (χ0n) is 12.1. The lowest BCUT2D eigenvalue weighted by molar-refractivity contribution is 0.0696. The summed E-state index contributed by atoms with van der Waals surface area (Å²) >= 11 is 0. The number of hydrogen-bond donors (Lipinski definition) is 1. The Hall–Kier alpha value is -2.95. The first-order valence-electron chi connectivity index (χ1n) is 7.05. The van der Waals surface area contributed by atoms with E-state index < -0.39 is 11.8 Å². The van der Waals surface area contributed by atoms with Crippen molar-refractivity contribution < 1.29 is 23.8 Å². The van der Waals surface area contributed by atoms with Gasteiger partial charge in [-0.15, -0.1) is 0 Å². The van der Waals surface area contributed by atoms with Crippen LogP contribution in [-0.2, 0) is 0 Å². The summed E-state index contributed by atoms with van der Waals surface area (Å²) in [5.74, 6) is -1.40. The number of ketones is 1. The smallest absolute Gasteiger partial charge is 0.335 e. The highest BCUT2D eigenvalue weighted by Gasteiger charge is 2.21. The van der Waals surface area contributed by atoms with Crippen LogP contribution in [0.2, 0.25) is 0 Å². The van der Waals surface area contributed by atoms with E-state index in [1.807, 2.05) is 0 Å². The van der Waals surface area contributed by atoms with E-state index in [0.717, 1.165) is 0 Å². The fourth-order valence-electron chi connectivity index (χ4n) is 2.42. The van der Waals surface area contributed by atoms with Gasteiger partial charge in [0.1, 0.15) is 11.6 Å². The zero-order valence-corrected chi connectivity index (χ0v) is 12.1. The second-order valence-corrected chi connectivity index (χ2v) is 5.16. The molecule has 0 fully saturated rings. The van der Waals surface area contributed by atoms with Gasteiger partial charge in [-0.2, -0.15) is 0 Å². The van der Waals surface area contributed by atoms with E-state index in [2.05, 4.69) is 0 Å². The molecule has 0 aliphatic carbocycles. The van der Waals surface area contributed by atoms with Crippen LogP contribution in [0.15, 0.2) is 48.0 Å². The second kappa shape index (κ2) is 6.04. The van der Waals surface area contributed by atoms with Gasteiger partial charge in [-0.05, 0) is 42.0 Å². The van der Waals surface area contributed by atoms with Gasteiger partial charge in [0.15, 0.2) is 5.78 Å². The largest absolute Gasteiger partial charge is 0.492 e. The summed E-state index contributed by atoms with van der Waals surface area (Å²) in [6.45, 7) is 0.323. The van der Waals surface area contributed by atoms with Gasteiger partial charge >= 0.3 is 5.97 Å². The zero-order chi connectivity index (χ0) is 16.4. The van der Waals surface area contributed by atoms with Crippen molar-refractivity contribution in [1.82, 2.24) is 0 Å². The molecule has 0 spiro atoms. The van der Waals surface area contributed by atoms with Crippen LogP contribution < -0.4 is 4.74 Å². The normalized spacial score (nSPS) is 15.7. The first-order valence-corrected chi connectivity index (χ1v) is 7.05. The van der Waals surface area contributed by atoms with E-state index in [1.165, 1.54) is 30.3 Å². The Morgan fingerprint density at radius 1 is 1.17 bits per heavy atom. The van der Waals surface area contributed by atoms with Crippen LogP contribution in [0.5, 0.6) is 5.75 Å². The summed E-state index contributed by atoms with van der Waals surface area (Å²) in [6.07, 6.45) is 2.08. The number of fused-ring (bicyclic) bond motifs is 1. The van der Waals surface area contributed by atoms with E-state index in [-0.39, 0.29) is 16.9 Å². The summed E-state index contributed by atoms with van der Waals surface area (Å²) in [5, 5.41) is 8.89. The van der Waals surface area contributed by atoms with E-state index in [1.54, 1.807) is 18.2 Å². The molecule has 116 valence electrons. The van der Waals surface area contributed by atoms with Gasteiger partial charge < -0.3 is 9.84 Å². The third kappa shape index (κ3) is 3.13. The molecule has 2 aromatic rings. The maximum Gasteiger partial charge on any atom is 0.335 e. The molecule has 0 aromatic heterocycles. The first-order chi connectivity index (χ1) is 11.0. The number of rotatable bonds is 2. The summed E-state index contributed by atoms with van der Waals surface area (Å²) in [7, 11) is 0. The molecule has 0 unspecified atom stereocenters. The topological polar surface area (TPSA) is 63.6 Å². The lowest BCUT2D eigenvalue weighted by atomic mass is 9.98. The van der Waals surface area contributed by atoms with Gasteiger partial charge in [-0.25, -0.2) is 9.18 Å². The molecule has 4 nitrogen and oxygen atoms in total. The standard InChI is InChI=1S/C18H13FO4/c19-14-5-6-16-15(10-14)17(20)13(7-8-23-16)9-11-1-3-12(4-2-11)18(21)22/h1-6,9-10H,7-8H2,(H,21,22)/b13-9-. The van der Waals surface area contributed by atoms with Crippen molar-refractivity contribution in [2.75, 3.05) is 6.61 Å². The molecule has 1 aliphatic heterocycles. The Labute approximate surface area is 131 Å². The fraction of sp³-hybridized carbons (Fsp3) is 0.111. The highest BCUT2D eigenvalue weighted by molar-refractivity contribution is 6.13. The van der Waals surface area contributed by atoms with Crippen LogP contribution in [-0.4, -0.2) is 23.5 Å². The molecular weight excluding hydrogens is 299 g/mol. The van der Waals surface area contributed by atoms with Crippen molar-refractivity contribution in [3.63, 3.8) is 0 Å². The van der Waals surface area contributed by atoms with Gasteiger partial charge in [0.25, 0.3) is 0 Å². The lowest BCUT2D eigenvalue weighted by Gasteiger charge is -2.05. The molecule has 23 heavy (non-hydrogen) atoms. The maximum atomic E-state index is 13.4. The molecule has 0 bridgehead atoms.